The summed E-state index contributed by atoms with van der Waals surface area (Å²) in [7, 11) is 1.74. The second-order valence-electron chi connectivity index (χ2n) is 4.43. The Bertz CT molecular complexity index is 723. The molecule has 0 bridgehead atoms. The van der Waals surface area contributed by atoms with E-state index in [0.717, 1.165) is 4.47 Å². The van der Waals surface area contributed by atoms with Crippen molar-refractivity contribution in [3.63, 3.8) is 0 Å². The van der Waals surface area contributed by atoms with E-state index < -0.39 is 0 Å². The van der Waals surface area contributed by atoms with E-state index in [4.69, 9.17) is 10.9 Å². The molecule has 0 atom stereocenters. The lowest BCUT2D eigenvalue weighted by Gasteiger charge is -2.10. The molecule has 0 radical (unpaired) electrons. The van der Waals surface area contributed by atoms with Gasteiger partial charge in [0.1, 0.15) is 0 Å². The number of benzene rings is 1. The van der Waals surface area contributed by atoms with Crippen LogP contribution in [0.1, 0.15) is 21.6 Å². The lowest BCUT2D eigenvalue weighted by atomic mass is 10.1. The van der Waals surface area contributed by atoms with Gasteiger partial charge in [-0.25, -0.2) is 0 Å². The van der Waals surface area contributed by atoms with Gasteiger partial charge in [0.2, 0.25) is 0 Å². The van der Waals surface area contributed by atoms with E-state index >= 15 is 0 Å². The number of hydrogen-bond acceptors (Lipinski definition) is 4. The molecule has 2 rings (SSSR count). The van der Waals surface area contributed by atoms with E-state index in [0.29, 0.717) is 22.5 Å². The fourth-order valence-corrected chi connectivity index (χ4v) is 2.26. The van der Waals surface area contributed by atoms with Gasteiger partial charge in [0.05, 0.1) is 16.9 Å². The number of carbonyl (C=O) groups excluding carboxylic acids is 1. The summed E-state index contributed by atoms with van der Waals surface area (Å²) in [5.74, 6) is -0.399. The smallest absolute Gasteiger partial charge is 0.259 e. The molecule has 0 saturated heterocycles. The first kappa shape index (κ1) is 15.0. The number of nitrogens with zero attached hydrogens (tertiary/aromatic N) is 3. The summed E-state index contributed by atoms with van der Waals surface area (Å²) in [5.41, 5.74) is 7.57. The lowest BCUT2D eigenvalue weighted by Crippen LogP contribution is -2.19. The van der Waals surface area contributed by atoms with Gasteiger partial charge < -0.3 is 16.3 Å². The minimum absolute atomic E-state index is 0.0884. The Morgan fingerprint density at radius 3 is 2.76 bits per heavy atom. The van der Waals surface area contributed by atoms with Gasteiger partial charge in [-0.3, -0.25) is 9.48 Å². The third-order valence-electron chi connectivity index (χ3n) is 2.87. The molecule has 0 saturated carbocycles. The minimum Gasteiger partial charge on any atom is -0.409 e. The Kier molecular flexibility index (Phi) is 4.27. The zero-order chi connectivity index (χ0) is 15.6. The van der Waals surface area contributed by atoms with Gasteiger partial charge in [-0.15, -0.1) is 0 Å². The van der Waals surface area contributed by atoms with Gasteiger partial charge in [0.15, 0.2) is 5.84 Å². The number of oxime groups is 1. The van der Waals surface area contributed by atoms with E-state index in [1.54, 1.807) is 43.0 Å². The van der Waals surface area contributed by atoms with E-state index in [1.807, 2.05) is 0 Å². The Morgan fingerprint density at radius 2 is 2.19 bits per heavy atom. The molecule has 0 aliphatic rings. The van der Waals surface area contributed by atoms with Crippen molar-refractivity contribution in [1.29, 1.82) is 0 Å². The molecule has 0 aliphatic carbocycles. The van der Waals surface area contributed by atoms with Gasteiger partial charge in [-0.05, 0) is 25.1 Å². The van der Waals surface area contributed by atoms with Crippen LogP contribution in [0.3, 0.4) is 0 Å². The molecule has 1 aromatic heterocycles. The van der Waals surface area contributed by atoms with E-state index in [9.17, 15) is 4.79 Å². The number of anilines is 1. The largest absolute Gasteiger partial charge is 0.409 e. The second-order valence-corrected chi connectivity index (χ2v) is 5.35. The van der Waals surface area contributed by atoms with Crippen molar-refractivity contribution >= 4 is 33.4 Å². The molecular weight excluding hydrogens is 338 g/mol. The number of nitrogens with one attached hydrogen (secondary N) is 1. The van der Waals surface area contributed by atoms with Gasteiger partial charge in [0.25, 0.3) is 5.91 Å². The average molecular weight is 352 g/mol. The predicted octanol–water partition coefficient (Wildman–Crippen LogP) is 1.84. The molecule has 8 heteroatoms. The quantitative estimate of drug-likeness (QED) is 0.339. The summed E-state index contributed by atoms with van der Waals surface area (Å²) in [6.45, 7) is 1.75. The third kappa shape index (κ3) is 3.22. The standard InChI is InChI=1S/C13H14BrN5O2/c1-7-10(6-19(2)17-7)13(20)16-11-4-3-8(14)5-9(11)12(15)18-21/h3-6,21H,1-2H3,(H2,15,18)(H,16,20). The number of carbonyl (C=O) groups is 1. The first-order chi connectivity index (χ1) is 9.92. The molecule has 1 amide bonds. The number of rotatable bonds is 3. The maximum absolute atomic E-state index is 12.3. The first-order valence-electron chi connectivity index (χ1n) is 6.01. The molecule has 110 valence electrons. The number of aryl methyl sites for hydroxylation is 2. The summed E-state index contributed by atoms with van der Waals surface area (Å²) in [5, 5.41) is 18.7. The third-order valence-corrected chi connectivity index (χ3v) is 3.36. The zero-order valence-corrected chi connectivity index (χ0v) is 13.0. The molecule has 0 fully saturated rings. The normalized spacial score (nSPS) is 11.5. The van der Waals surface area contributed by atoms with Crippen molar-refractivity contribution in [3.05, 3.63) is 45.7 Å². The highest BCUT2D eigenvalue weighted by Gasteiger charge is 2.15. The second kappa shape index (κ2) is 5.96. The highest BCUT2D eigenvalue weighted by molar-refractivity contribution is 9.10. The molecule has 1 aromatic carbocycles. The fraction of sp³-hybridized carbons (Fsp3) is 0.154. The van der Waals surface area contributed by atoms with Gasteiger partial charge in [0, 0.05) is 23.3 Å². The van der Waals surface area contributed by atoms with E-state index in [2.05, 4.69) is 31.5 Å². The topological polar surface area (TPSA) is 106 Å². The van der Waals surface area contributed by atoms with Gasteiger partial charge in [-0.2, -0.15) is 5.10 Å². The van der Waals surface area contributed by atoms with Crippen LogP contribution in [-0.2, 0) is 7.05 Å². The number of hydrogen-bond donors (Lipinski definition) is 3. The number of halogens is 1. The summed E-state index contributed by atoms with van der Waals surface area (Å²) in [4.78, 5) is 12.3. The van der Waals surface area contributed by atoms with Crippen LogP contribution in [-0.4, -0.2) is 26.7 Å². The molecule has 1 heterocycles. The molecular formula is C13H14BrN5O2. The van der Waals surface area contributed by atoms with Crippen molar-refractivity contribution in [2.24, 2.45) is 17.9 Å². The molecule has 2 aromatic rings. The van der Waals surface area contributed by atoms with Gasteiger partial charge in [-0.1, -0.05) is 21.1 Å². The van der Waals surface area contributed by atoms with Crippen LogP contribution < -0.4 is 11.1 Å². The number of nitrogens with two attached hydrogens (primary N) is 1. The maximum Gasteiger partial charge on any atom is 0.259 e. The Hall–Kier alpha value is -2.35. The van der Waals surface area contributed by atoms with Gasteiger partial charge >= 0.3 is 0 Å². The molecule has 4 N–H and O–H groups in total. The SMILES string of the molecule is Cc1nn(C)cc1C(=O)Nc1ccc(Br)cc1/C(N)=N/O. The van der Waals surface area contributed by atoms with E-state index in [-0.39, 0.29) is 11.7 Å². The summed E-state index contributed by atoms with van der Waals surface area (Å²) < 4.78 is 2.32. The molecule has 7 nitrogen and oxygen atoms in total. The van der Waals surface area contributed by atoms with Crippen LogP contribution >= 0.6 is 15.9 Å². The van der Waals surface area contributed by atoms with Crippen molar-refractivity contribution in [2.45, 2.75) is 6.92 Å². The predicted molar refractivity (Wildman–Crippen MR) is 82.6 cm³/mol. The molecule has 21 heavy (non-hydrogen) atoms. The number of amides is 1. The number of aromatic nitrogens is 2. The number of amidine groups is 1. The Labute approximate surface area is 129 Å². The minimum atomic E-state index is -0.310. The maximum atomic E-state index is 12.3. The van der Waals surface area contributed by atoms with Crippen molar-refractivity contribution in [2.75, 3.05) is 5.32 Å². The highest BCUT2D eigenvalue weighted by Crippen LogP contribution is 2.22. The van der Waals surface area contributed by atoms with Crippen LogP contribution in [0.25, 0.3) is 0 Å². The van der Waals surface area contributed by atoms with Crippen LogP contribution in [0.15, 0.2) is 34.0 Å². The summed E-state index contributed by atoms with van der Waals surface area (Å²) in [6, 6.07) is 5.07. The van der Waals surface area contributed by atoms with Crippen molar-refractivity contribution in [3.8, 4) is 0 Å². The Morgan fingerprint density at radius 1 is 1.48 bits per heavy atom. The van der Waals surface area contributed by atoms with E-state index in [1.165, 1.54) is 0 Å². The molecule has 0 unspecified atom stereocenters. The highest BCUT2D eigenvalue weighted by atomic mass is 79.9. The Balaban J connectivity index is 2.35. The monoisotopic (exact) mass is 351 g/mol. The lowest BCUT2D eigenvalue weighted by molar-refractivity contribution is 0.102. The molecule has 0 aliphatic heterocycles. The van der Waals surface area contributed by atoms with Crippen LogP contribution in [0.5, 0.6) is 0 Å². The van der Waals surface area contributed by atoms with Crippen molar-refractivity contribution < 1.29 is 10.0 Å². The van der Waals surface area contributed by atoms with Crippen molar-refractivity contribution in [1.82, 2.24) is 9.78 Å². The summed E-state index contributed by atoms with van der Waals surface area (Å²) >= 11 is 3.30. The fourth-order valence-electron chi connectivity index (χ4n) is 1.90. The van der Waals surface area contributed by atoms with Crippen LogP contribution in [0.4, 0.5) is 5.69 Å². The first-order valence-corrected chi connectivity index (χ1v) is 6.80. The molecule has 0 spiro atoms. The van der Waals surface area contributed by atoms with Crippen LogP contribution in [0.2, 0.25) is 0 Å². The zero-order valence-electron chi connectivity index (χ0n) is 11.5. The average Bonchev–Trinajstić information content (AvgIpc) is 2.78. The summed E-state index contributed by atoms with van der Waals surface area (Å²) in [6.07, 6.45) is 1.63. The van der Waals surface area contributed by atoms with Crippen LogP contribution in [0, 0.1) is 6.92 Å².